The van der Waals surface area contributed by atoms with Crippen molar-refractivity contribution < 1.29 is 28.7 Å². The maximum atomic E-state index is 12.5. The molecule has 1 aromatic rings. The minimum Gasteiger partial charge on any atom is -0.497 e. The second-order valence-electron chi connectivity index (χ2n) is 6.46. The van der Waals surface area contributed by atoms with Crippen LogP contribution in [0, 0.1) is 0 Å². The van der Waals surface area contributed by atoms with Crippen molar-refractivity contribution >= 4 is 29.5 Å². The number of hydrogen-bond acceptors (Lipinski definition) is 6. The van der Waals surface area contributed by atoms with Crippen LogP contribution in [0.1, 0.15) is 33.6 Å². The highest BCUT2D eigenvalue weighted by atomic mass is 16.5. The van der Waals surface area contributed by atoms with Gasteiger partial charge in [-0.3, -0.25) is 19.3 Å². The molecule has 4 amide bonds. The zero-order chi connectivity index (χ0) is 20.9. The average Bonchev–Trinajstić information content (AvgIpc) is 2.92. The van der Waals surface area contributed by atoms with Crippen LogP contribution in [0.25, 0.3) is 0 Å². The van der Waals surface area contributed by atoms with Gasteiger partial charge in [-0.25, -0.2) is 4.79 Å². The molecule has 1 atom stereocenters. The molecule has 2 rings (SSSR count). The van der Waals surface area contributed by atoms with Gasteiger partial charge in [0.15, 0.2) is 6.10 Å². The number of imide groups is 1. The Bertz CT molecular complexity index is 775. The Morgan fingerprint density at radius 2 is 1.93 bits per heavy atom. The van der Waals surface area contributed by atoms with Crippen LogP contribution in [0.4, 0.5) is 10.5 Å². The molecule has 1 saturated heterocycles. The summed E-state index contributed by atoms with van der Waals surface area (Å²) < 4.78 is 10.2. The topological polar surface area (TPSA) is 114 Å². The summed E-state index contributed by atoms with van der Waals surface area (Å²) in [4.78, 5) is 49.8. The molecule has 9 nitrogen and oxygen atoms in total. The standard InChI is InChI=1S/C19H25N3O6/c1-5-19(6-2)17(25)22(18(26)21-19)11-15(23)28-12(3)16(24)20-13-8-7-9-14(10-13)27-4/h7-10,12H,5-6,11H2,1-4H3,(H,20,24)(H,21,26)/t12-/m1/s1. The summed E-state index contributed by atoms with van der Waals surface area (Å²) in [6, 6.07) is 6.07. The quantitative estimate of drug-likeness (QED) is 0.515. The Balaban J connectivity index is 1.94. The number of urea groups is 1. The maximum Gasteiger partial charge on any atom is 0.327 e. The summed E-state index contributed by atoms with van der Waals surface area (Å²) in [5, 5.41) is 5.24. The lowest BCUT2D eigenvalue weighted by Crippen LogP contribution is -2.46. The third kappa shape index (κ3) is 4.41. The molecular weight excluding hydrogens is 366 g/mol. The van der Waals surface area contributed by atoms with E-state index in [4.69, 9.17) is 9.47 Å². The normalized spacial score (nSPS) is 16.4. The first kappa shape index (κ1) is 21.2. The lowest BCUT2D eigenvalue weighted by Gasteiger charge is -2.23. The first-order valence-corrected chi connectivity index (χ1v) is 9.04. The van der Waals surface area contributed by atoms with Gasteiger partial charge in [0.1, 0.15) is 17.8 Å². The van der Waals surface area contributed by atoms with Crippen LogP contribution in [0.15, 0.2) is 24.3 Å². The van der Waals surface area contributed by atoms with Gasteiger partial charge in [0.25, 0.3) is 11.8 Å². The van der Waals surface area contributed by atoms with E-state index in [0.717, 1.165) is 4.90 Å². The molecule has 1 aliphatic heterocycles. The van der Waals surface area contributed by atoms with Crippen LogP contribution in [0.5, 0.6) is 5.75 Å². The molecule has 28 heavy (non-hydrogen) atoms. The number of esters is 1. The van der Waals surface area contributed by atoms with E-state index in [0.29, 0.717) is 24.3 Å². The van der Waals surface area contributed by atoms with Gasteiger partial charge < -0.3 is 20.1 Å². The van der Waals surface area contributed by atoms with Crippen molar-refractivity contribution in [1.29, 1.82) is 0 Å². The highest BCUT2D eigenvalue weighted by Crippen LogP contribution is 2.24. The van der Waals surface area contributed by atoms with Crippen LogP contribution in [0.3, 0.4) is 0 Å². The minimum atomic E-state index is -1.11. The van der Waals surface area contributed by atoms with Crippen LogP contribution in [-0.2, 0) is 19.1 Å². The zero-order valence-corrected chi connectivity index (χ0v) is 16.4. The summed E-state index contributed by atoms with van der Waals surface area (Å²) in [7, 11) is 1.51. The highest BCUT2D eigenvalue weighted by Gasteiger charge is 2.49. The van der Waals surface area contributed by atoms with Crippen LogP contribution < -0.4 is 15.4 Å². The third-order valence-corrected chi connectivity index (χ3v) is 4.75. The fraction of sp³-hybridized carbons (Fsp3) is 0.474. The van der Waals surface area contributed by atoms with Crippen molar-refractivity contribution in [3.05, 3.63) is 24.3 Å². The highest BCUT2D eigenvalue weighted by molar-refractivity contribution is 6.08. The summed E-state index contributed by atoms with van der Waals surface area (Å²) in [6.45, 7) is 4.42. The average molecular weight is 391 g/mol. The fourth-order valence-corrected chi connectivity index (χ4v) is 2.91. The van der Waals surface area contributed by atoms with Gasteiger partial charge in [-0.2, -0.15) is 0 Å². The number of methoxy groups -OCH3 is 1. The van der Waals surface area contributed by atoms with Gasteiger partial charge in [0, 0.05) is 11.8 Å². The molecule has 0 saturated carbocycles. The molecule has 1 aromatic carbocycles. The Labute approximate surface area is 163 Å². The summed E-state index contributed by atoms with van der Waals surface area (Å²) >= 11 is 0. The van der Waals surface area contributed by atoms with Crippen LogP contribution in [0.2, 0.25) is 0 Å². The summed E-state index contributed by atoms with van der Waals surface area (Å²) in [5.74, 6) is -1.29. The van der Waals surface area contributed by atoms with E-state index in [1.165, 1.54) is 14.0 Å². The number of nitrogens with zero attached hydrogens (tertiary/aromatic N) is 1. The van der Waals surface area contributed by atoms with Crippen molar-refractivity contribution in [2.75, 3.05) is 19.0 Å². The smallest absolute Gasteiger partial charge is 0.327 e. The lowest BCUT2D eigenvalue weighted by molar-refractivity contribution is -0.155. The Morgan fingerprint density at radius 1 is 1.25 bits per heavy atom. The number of ether oxygens (including phenoxy) is 2. The largest absolute Gasteiger partial charge is 0.497 e. The lowest BCUT2D eigenvalue weighted by atomic mass is 9.93. The van der Waals surface area contributed by atoms with Gasteiger partial charge in [-0.15, -0.1) is 0 Å². The number of nitrogens with one attached hydrogen (secondary N) is 2. The molecule has 152 valence electrons. The second-order valence-corrected chi connectivity index (χ2v) is 6.46. The molecule has 0 aliphatic carbocycles. The van der Waals surface area contributed by atoms with E-state index in [2.05, 4.69) is 10.6 Å². The van der Waals surface area contributed by atoms with E-state index >= 15 is 0 Å². The SMILES string of the molecule is CCC1(CC)NC(=O)N(CC(=O)O[C@H](C)C(=O)Nc2cccc(OC)c2)C1=O. The van der Waals surface area contributed by atoms with Gasteiger partial charge in [-0.1, -0.05) is 19.9 Å². The summed E-state index contributed by atoms with van der Waals surface area (Å²) in [5.41, 5.74) is -0.510. The first-order chi connectivity index (χ1) is 13.3. The minimum absolute atomic E-state index is 0.416. The summed E-state index contributed by atoms with van der Waals surface area (Å²) in [6.07, 6.45) is -0.278. The Hall–Kier alpha value is -3.10. The molecule has 1 aliphatic rings. The van der Waals surface area contributed by atoms with Gasteiger partial charge in [0.05, 0.1) is 7.11 Å². The number of rotatable bonds is 8. The van der Waals surface area contributed by atoms with Crippen molar-refractivity contribution in [2.24, 2.45) is 0 Å². The van der Waals surface area contributed by atoms with Gasteiger partial charge in [0.2, 0.25) is 0 Å². The van der Waals surface area contributed by atoms with E-state index in [1.54, 1.807) is 38.1 Å². The Kier molecular flexibility index (Phi) is 6.61. The van der Waals surface area contributed by atoms with Crippen molar-refractivity contribution in [1.82, 2.24) is 10.2 Å². The predicted molar refractivity (Wildman–Crippen MR) is 101 cm³/mol. The van der Waals surface area contributed by atoms with Crippen molar-refractivity contribution in [3.63, 3.8) is 0 Å². The van der Waals surface area contributed by atoms with E-state index in [9.17, 15) is 19.2 Å². The molecule has 0 bridgehead atoms. The predicted octanol–water partition coefficient (Wildman–Crippen LogP) is 1.68. The number of carbonyl (C=O) groups is 4. The maximum absolute atomic E-state index is 12.5. The molecule has 0 unspecified atom stereocenters. The first-order valence-electron chi connectivity index (χ1n) is 9.04. The van der Waals surface area contributed by atoms with Crippen molar-refractivity contribution in [3.8, 4) is 5.75 Å². The molecule has 0 aromatic heterocycles. The van der Waals surface area contributed by atoms with Crippen LogP contribution in [-0.4, -0.2) is 54.0 Å². The van der Waals surface area contributed by atoms with E-state index in [-0.39, 0.29) is 0 Å². The monoisotopic (exact) mass is 391 g/mol. The number of benzene rings is 1. The van der Waals surface area contributed by atoms with Gasteiger partial charge >= 0.3 is 12.0 Å². The molecular formula is C19H25N3O6. The molecule has 1 fully saturated rings. The number of anilines is 1. The number of carbonyl (C=O) groups excluding carboxylic acids is 4. The van der Waals surface area contributed by atoms with E-state index in [1.807, 2.05) is 0 Å². The van der Waals surface area contributed by atoms with Gasteiger partial charge in [-0.05, 0) is 31.9 Å². The third-order valence-electron chi connectivity index (χ3n) is 4.75. The molecule has 9 heteroatoms. The van der Waals surface area contributed by atoms with Crippen molar-refractivity contribution in [2.45, 2.75) is 45.3 Å². The molecule has 1 heterocycles. The van der Waals surface area contributed by atoms with E-state index < -0.39 is 42.0 Å². The molecule has 0 spiro atoms. The second kappa shape index (κ2) is 8.73. The van der Waals surface area contributed by atoms with Crippen LogP contribution >= 0.6 is 0 Å². The molecule has 0 radical (unpaired) electrons. The fourth-order valence-electron chi connectivity index (χ4n) is 2.91. The number of hydrogen-bond donors (Lipinski definition) is 2. The number of amides is 4. The Morgan fingerprint density at radius 3 is 2.50 bits per heavy atom. The zero-order valence-electron chi connectivity index (χ0n) is 16.4. The molecule has 2 N–H and O–H groups in total.